The van der Waals surface area contributed by atoms with Crippen molar-refractivity contribution in [1.82, 2.24) is 24.4 Å². The topological polar surface area (TPSA) is 125 Å². The Hall–Kier alpha value is -4.75. The van der Waals surface area contributed by atoms with Crippen LogP contribution in [0.25, 0.3) is 28.0 Å². The molecule has 0 spiro atoms. The van der Waals surface area contributed by atoms with Crippen LogP contribution >= 0.6 is 0 Å². The molecule has 1 aliphatic rings. The lowest BCUT2D eigenvalue weighted by molar-refractivity contribution is 0.136. The van der Waals surface area contributed by atoms with Crippen LogP contribution in [0.4, 0.5) is 28.2 Å². The molecule has 10 nitrogen and oxygen atoms in total. The number of anilines is 1. The monoisotopic (exact) mass is 586 g/mol. The lowest BCUT2D eigenvalue weighted by Crippen LogP contribution is -2.54. The fourth-order valence-corrected chi connectivity index (χ4v) is 5.22. The SMILES string of the molecule is CC(C)c1nccc(C(F)F)c1-n1c(=O)nc(N2CCN(C(=O)O)CC2C)c2cc(F)c(-c3c(O)cccc3F)nc21. The largest absolute Gasteiger partial charge is 0.507 e. The number of rotatable bonds is 5. The van der Waals surface area contributed by atoms with Crippen LogP contribution in [0.2, 0.25) is 0 Å². The van der Waals surface area contributed by atoms with Crippen molar-refractivity contribution in [2.24, 2.45) is 0 Å². The number of aromatic nitrogens is 4. The minimum absolute atomic E-state index is 0.0481. The van der Waals surface area contributed by atoms with E-state index in [2.05, 4.69) is 15.0 Å². The molecule has 2 N–H and O–H groups in total. The van der Waals surface area contributed by atoms with Gasteiger partial charge < -0.3 is 20.0 Å². The molecule has 1 aromatic carbocycles. The van der Waals surface area contributed by atoms with E-state index >= 15 is 4.39 Å². The third-order valence-electron chi connectivity index (χ3n) is 7.19. The summed E-state index contributed by atoms with van der Waals surface area (Å²) in [6, 6.07) is 4.82. The van der Waals surface area contributed by atoms with Gasteiger partial charge in [0.1, 0.15) is 23.1 Å². The maximum absolute atomic E-state index is 15.7. The van der Waals surface area contributed by atoms with Gasteiger partial charge in [0.15, 0.2) is 11.5 Å². The number of phenols is 1. The number of benzene rings is 1. The van der Waals surface area contributed by atoms with Crippen LogP contribution in [0.15, 0.2) is 41.3 Å². The van der Waals surface area contributed by atoms with Crippen molar-refractivity contribution in [2.45, 2.75) is 39.2 Å². The first kappa shape index (κ1) is 28.8. The summed E-state index contributed by atoms with van der Waals surface area (Å²) in [7, 11) is 0. The van der Waals surface area contributed by atoms with Gasteiger partial charge in [-0.25, -0.2) is 36.7 Å². The number of fused-ring (bicyclic) bond motifs is 1. The van der Waals surface area contributed by atoms with Crippen LogP contribution < -0.4 is 10.6 Å². The number of nitrogens with zero attached hydrogens (tertiary/aromatic N) is 6. The van der Waals surface area contributed by atoms with Gasteiger partial charge in [-0.1, -0.05) is 19.9 Å². The first-order valence-electron chi connectivity index (χ1n) is 13.0. The van der Waals surface area contributed by atoms with Gasteiger partial charge in [0, 0.05) is 37.4 Å². The Labute approximate surface area is 236 Å². The molecular formula is C28H26F4N6O4. The highest BCUT2D eigenvalue weighted by Gasteiger charge is 2.32. The third-order valence-corrected chi connectivity index (χ3v) is 7.19. The number of halogens is 4. The first-order valence-corrected chi connectivity index (χ1v) is 13.0. The Balaban J connectivity index is 1.89. The van der Waals surface area contributed by atoms with Gasteiger partial charge >= 0.3 is 11.8 Å². The molecular weight excluding hydrogens is 560 g/mol. The number of carboxylic acid groups (broad SMARTS) is 1. The van der Waals surface area contributed by atoms with Crippen LogP contribution in [-0.4, -0.2) is 66.4 Å². The highest BCUT2D eigenvalue weighted by Crippen LogP contribution is 2.38. The van der Waals surface area contributed by atoms with Gasteiger partial charge in [0.2, 0.25) is 0 Å². The van der Waals surface area contributed by atoms with Crippen molar-refractivity contribution in [1.29, 1.82) is 0 Å². The molecule has 220 valence electrons. The van der Waals surface area contributed by atoms with Crippen LogP contribution in [0.1, 0.15) is 44.4 Å². The number of phenolic OH excluding ortho intramolecular Hbond substituents is 1. The van der Waals surface area contributed by atoms with E-state index in [1.54, 1.807) is 25.7 Å². The summed E-state index contributed by atoms with van der Waals surface area (Å²) < 4.78 is 60.1. The van der Waals surface area contributed by atoms with E-state index in [0.717, 1.165) is 28.8 Å². The number of hydrogen-bond acceptors (Lipinski definition) is 7. The Morgan fingerprint density at radius 1 is 1.10 bits per heavy atom. The maximum Gasteiger partial charge on any atom is 0.407 e. The number of amides is 1. The molecule has 3 aromatic heterocycles. The van der Waals surface area contributed by atoms with Gasteiger partial charge in [-0.15, -0.1) is 0 Å². The van der Waals surface area contributed by atoms with Crippen molar-refractivity contribution in [3.05, 3.63) is 69.9 Å². The Morgan fingerprint density at radius 2 is 1.83 bits per heavy atom. The molecule has 14 heteroatoms. The van der Waals surface area contributed by atoms with Gasteiger partial charge in [-0.3, -0.25) is 4.98 Å². The van der Waals surface area contributed by atoms with E-state index < -0.39 is 64.4 Å². The Morgan fingerprint density at radius 3 is 2.45 bits per heavy atom. The smallest absolute Gasteiger partial charge is 0.407 e. The molecule has 0 saturated carbocycles. The minimum atomic E-state index is -3.04. The summed E-state index contributed by atoms with van der Waals surface area (Å²) in [5, 5.41) is 19.7. The molecule has 4 aromatic rings. The second-order valence-corrected chi connectivity index (χ2v) is 10.2. The normalized spacial score (nSPS) is 15.7. The first-order chi connectivity index (χ1) is 19.9. The Bertz CT molecular complexity index is 1720. The number of hydrogen-bond donors (Lipinski definition) is 2. The Kier molecular flexibility index (Phi) is 7.47. The van der Waals surface area contributed by atoms with Gasteiger partial charge in [-0.05, 0) is 37.1 Å². The molecule has 1 saturated heterocycles. The van der Waals surface area contributed by atoms with Crippen molar-refractivity contribution in [3.8, 4) is 22.7 Å². The highest BCUT2D eigenvalue weighted by atomic mass is 19.3. The summed E-state index contributed by atoms with van der Waals surface area (Å²) in [4.78, 5) is 40.8. The van der Waals surface area contributed by atoms with Crippen molar-refractivity contribution in [2.75, 3.05) is 24.5 Å². The minimum Gasteiger partial charge on any atom is -0.507 e. The number of pyridine rings is 2. The molecule has 5 rings (SSSR count). The zero-order chi connectivity index (χ0) is 30.5. The third kappa shape index (κ3) is 4.86. The van der Waals surface area contributed by atoms with Gasteiger partial charge in [0.25, 0.3) is 6.43 Å². The summed E-state index contributed by atoms with van der Waals surface area (Å²) in [5.74, 6) is -3.19. The van der Waals surface area contributed by atoms with E-state index in [-0.39, 0.29) is 47.9 Å². The standard InChI is InChI=1S/C28H26F4N6O4/c1-13(2)21-23(15(24(31)32)7-8-33-21)38-26-16(11-18(30)22(34-26)20-17(29)5-4-6-19(20)39)25(35-27(38)40)37-10-9-36(28(41)42)12-14(37)3/h4-8,11,13-14,24,39H,9-10,12H2,1-3H3,(H,41,42). The van der Waals surface area contributed by atoms with Crippen LogP contribution in [0, 0.1) is 11.6 Å². The summed E-state index contributed by atoms with van der Waals surface area (Å²) in [6.07, 6.45) is -2.98. The zero-order valence-corrected chi connectivity index (χ0v) is 22.7. The molecule has 42 heavy (non-hydrogen) atoms. The average molecular weight is 587 g/mol. The average Bonchev–Trinajstić information content (AvgIpc) is 2.92. The summed E-state index contributed by atoms with van der Waals surface area (Å²) in [6.45, 7) is 5.26. The fraction of sp³-hybridized carbons (Fsp3) is 0.321. The molecule has 1 unspecified atom stereocenters. The number of carbonyl (C=O) groups is 1. The molecule has 4 heterocycles. The predicted molar refractivity (Wildman–Crippen MR) is 145 cm³/mol. The van der Waals surface area contributed by atoms with E-state index in [4.69, 9.17) is 0 Å². The summed E-state index contributed by atoms with van der Waals surface area (Å²) in [5.41, 5.74) is -3.31. The quantitative estimate of drug-likeness (QED) is 0.311. The lowest BCUT2D eigenvalue weighted by atomic mass is 10.0. The molecule has 1 aliphatic heterocycles. The van der Waals surface area contributed by atoms with E-state index in [1.807, 2.05) is 0 Å². The highest BCUT2D eigenvalue weighted by molar-refractivity contribution is 5.91. The molecule has 0 bridgehead atoms. The fourth-order valence-electron chi connectivity index (χ4n) is 5.22. The van der Waals surface area contributed by atoms with E-state index in [0.29, 0.717) is 0 Å². The molecule has 1 fully saturated rings. The second kappa shape index (κ2) is 10.9. The molecule has 1 amide bonds. The van der Waals surface area contributed by atoms with E-state index in [9.17, 15) is 33.0 Å². The molecule has 0 aliphatic carbocycles. The lowest BCUT2D eigenvalue weighted by Gasteiger charge is -2.39. The number of piperazine rings is 1. The van der Waals surface area contributed by atoms with Crippen LogP contribution in [-0.2, 0) is 0 Å². The van der Waals surface area contributed by atoms with Crippen LogP contribution in [0.5, 0.6) is 5.75 Å². The molecule has 1 atom stereocenters. The maximum atomic E-state index is 15.7. The van der Waals surface area contributed by atoms with Gasteiger partial charge in [-0.2, -0.15) is 4.98 Å². The summed E-state index contributed by atoms with van der Waals surface area (Å²) >= 11 is 0. The van der Waals surface area contributed by atoms with E-state index in [1.165, 1.54) is 17.2 Å². The van der Waals surface area contributed by atoms with Crippen molar-refractivity contribution in [3.63, 3.8) is 0 Å². The van der Waals surface area contributed by atoms with Gasteiger partial charge in [0.05, 0.1) is 22.3 Å². The number of aromatic hydroxyl groups is 1. The molecule has 0 radical (unpaired) electrons. The number of alkyl halides is 2. The van der Waals surface area contributed by atoms with Crippen LogP contribution in [0.3, 0.4) is 0 Å². The zero-order valence-electron chi connectivity index (χ0n) is 22.7. The van der Waals surface area contributed by atoms with Crippen molar-refractivity contribution >= 4 is 22.9 Å². The second-order valence-electron chi connectivity index (χ2n) is 10.2. The van der Waals surface area contributed by atoms with Crippen molar-refractivity contribution < 1.29 is 32.6 Å². The predicted octanol–water partition coefficient (Wildman–Crippen LogP) is 5.08.